The van der Waals surface area contributed by atoms with Gasteiger partial charge >= 0.3 is 0 Å². The molecule has 2 aromatic carbocycles. The Balaban J connectivity index is 1.14. The summed E-state index contributed by atoms with van der Waals surface area (Å²) in [6, 6.07) is 11.2. The fraction of sp³-hybridized carbons (Fsp3) is 0.367. The van der Waals surface area contributed by atoms with Crippen molar-refractivity contribution in [2.75, 3.05) is 45.7 Å². The molecule has 6 rings (SSSR count). The molecule has 1 amide bonds. The highest BCUT2D eigenvalue weighted by Gasteiger charge is 2.34. The number of ether oxygens (including phenoxy) is 2. The lowest BCUT2D eigenvalue weighted by atomic mass is 10.0. The predicted octanol–water partition coefficient (Wildman–Crippen LogP) is 4.51. The van der Waals surface area contributed by atoms with Gasteiger partial charge in [0.25, 0.3) is 11.5 Å². The predicted molar refractivity (Wildman–Crippen MR) is 159 cm³/mol. The van der Waals surface area contributed by atoms with Crippen LogP contribution in [0.1, 0.15) is 35.2 Å². The van der Waals surface area contributed by atoms with Crippen molar-refractivity contribution >= 4 is 34.2 Å². The molecule has 2 aliphatic rings. The zero-order chi connectivity index (χ0) is 28.5. The van der Waals surface area contributed by atoms with E-state index in [9.17, 15) is 9.59 Å². The summed E-state index contributed by atoms with van der Waals surface area (Å²) in [5.74, 6) is 1.78. The van der Waals surface area contributed by atoms with Crippen LogP contribution in [-0.2, 0) is 6.54 Å². The lowest BCUT2D eigenvalue weighted by Crippen LogP contribution is -2.43. The topological polar surface area (TPSA) is 116 Å². The fourth-order valence-corrected chi connectivity index (χ4v) is 5.85. The van der Waals surface area contributed by atoms with Crippen LogP contribution in [0.5, 0.6) is 11.5 Å². The van der Waals surface area contributed by atoms with Crippen molar-refractivity contribution in [3.05, 3.63) is 69.1 Å². The van der Waals surface area contributed by atoms with Crippen molar-refractivity contribution in [3.8, 4) is 22.9 Å². The minimum atomic E-state index is -0.257. The SMILES string of the molecule is COc1ccc(OCCCNc2cc[nH]c(=O)c2-c2nc3cc4c(cc3[nH]2)CN(C2CCN(C)CC2)C4=O)c(Cl)c1. The first-order chi connectivity index (χ1) is 19.9. The zero-order valence-corrected chi connectivity index (χ0v) is 23.9. The van der Waals surface area contributed by atoms with Gasteiger partial charge in [0.2, 0.25) is 0 Å². The second kappa shape index (κ2) is 11.5. The number of nitrogens with zero attached hydrogens (tertiary/aromatic N) is 3. The maximum absolute atomic E-state index is 13.3. The molecule has 0 spiro atoms. The first kappa shape index (κ1) is 27.2. The summed E-state index contributed by atoms with van der Waals surface area (Å²) in [4.78, 5) is 41.3. The first-order valence-corrected chi connectivity index (χ1v) is 14.2. The van der Waals surface area contributed by atoms with E-state index < -0.39 is 0 Å². The van der Waals surface area contributed by atoms with E-state index in [0.717, 1.165) is 37.0 Å². The number of methoxy groups -OCH3 is 1. The molecule has 41 heavy (non-hydrogen) atoms. The Labute approximate surface area is 242 Å². The molecule has 3 N–H and O–H groups in total. The number of hydrogen-bond acceptors (Lipinski definition) is 7. The Morgan fingerprint density at radius 1 is 1.15 bits per heavy atom. The molecule has 2 aromatic heterocycles. The standard InChI is InChI=1S/C30H33ClN6O4/c1-36-11-7-19(8-12-36)37-17-18-14-24-25(16-21(18)30(37)39)35-28(34-24)27-23(6-10-33-29(27)38)32-9-3-13-41-26-5-4-20(40-2)15-22(26)31/h4-6,10,14-16,19H,3,7-9,11-13,17H2,1-2H3,(H,34,35)(H2,32,33,38). The molecule has 0 unspecified atom stereocenters. The minimum Gasteiger partial charge on any atom is -0.497 e. The van der Waals surface area contributed by atoms with Gasteiger partial charge in [0.05, 0.1) is 35.5 Å². The lowest BCUT2D eigenvalue weighted by Gasteiger charge is -2.34. The molecule has 1 fully saturated rings. The molecule has 4 aromatic rings. The molecular formula is C30H33ClN6O4. The number of carbonyl (C=O) groups excluding carboxylic acids is 1. The molecule has 10 nitrogen and oxygen atoms in total. The smallest absolute Gasteiger partial charge is 0.261 e. The number of aromatic amines is 2. The van der Waals surface area contributed by atoms with E-state index in [1.165, 1.54) is 0 Å². The molecule has 1 saturated heterocycles. The Morgan fingerprint density at radius 2 is 1.98 bits per heavy atom. The van der Waals surface area contributed by atoms with Crippen LogP contribution in [0.2, 0.25) is 5.02 Å². The second-order valence-electron chi connectivity index (χ2n) is 10.6. The van der Waals surface area contributed by atoms with Gasteiger partial charge in [-0.1, -0.05) is 11.6 Å². The van der Waals surface area contributed by atoms with Crippen molar-refractivity contribution < 1.29 is 14.3 Å². The van der Waals surface area contributed by atoms with Crippen molar-refractivity contribution in [3.63, 3.8) is 0 Å². The van der Waals surface area contributed by atoms with Crippen molar-refractivity contribution in [2.24, 2.45) is 0 Å². The van der Waals surface area contributed by atoms with Gasteiger partial charge in [-0.25, -0.2) is 4.98 Å². The summed E-state index contributed by atoms with van der Waals surface area (Å²) in [6.45, 7) is 3.62. The van der Waals surface area contributed by atoms with Crippen LogP contribution in [0.15, 0.2) is 47.4 Å². The molecule has 0 radical (unpaired) electrons. The van der Waals surface area contributed by atoms with Crippen molar-refractivity contribution in [2.45, 2.75) is 31.8 Å². The van der Waals surface area contributed by atoms with E-state index in [4.69, 9.17) is 26.1 Å². The molecule has 0 aliphatic carbocycles. The van der Waals surface area contributed by atoms with Crippen molar-refractivity contribution in [1.29, 1.82) is 0 Å². The maximum Gasteiger partial charge on any atom is 0.261 e. The Hall–Kier alpha value is -4.02. The van der Waals surface area contributed by atoms with Gasteiger partial charge in [0.15, 0.2) is 0 Å². The number of amides is 1. The number of imidazole rings is 1. The van der Waals surface area contributed by atoms with Gasteiger partial charge in [0.1, 0.15) is 22.9 Å². The van der Waals surface area contributed by atoms with Gasteiger partial charge in [0, 0.05) is 37.0 Å². The summed E-state index contributed by atoms with van der Waals surface area (Å²) in [5, 5.41) is 3.82. The summed E-state index contributed by atoms with van der Waals surface area (Å²) in [7, 11) is 3.71. The van der Waals surface area contributed by atoms with Gasteiger partial charge in [-0.05, 0) is 75.3 Å². The van der Waals surface area contributed by atoms with Crippen LogP contribution < -0.4 is 20.3 Å². The molecule has 2 aliphatic heterocycles. The van der Waals surface area contributed by atoms with E-state index in [2.05, 4.69) is 27.2 Å². The first-order valence-electron chi connectivity index (χ1n) is 13.9. The van der Waals surface area contributed by atoms with Gasteiger partial charge in [-0.15, -0.1) is 0 Å². The van der Waals surface area contributed by atoms with Crippen LogP contribution in [0.4, 0.5) is 5.69 Å². The molecule has 0 saturated carbocycles. The van der Waals surface area contributed by atoms with Crippen LogP contribution in [0.3, 0.4) is 0 Å². The number of halogens is 1. The number of aromatic nitrogens is 3. The van der Waals surface area contributed by atoms with E-state index in [-0.39, 0.29) is 17.5 Å². The van der Waals surface area contributed by atoms with Crippen LogP contribution in [-0.4, -0.2) is 77.1 Å². The summed E-state index contributed by atoms with van der Waals surface area (Å²) in [6.07, 6.45) is 4.27. The number of rotatable bonds is 9. The normalized spacial score (nSPS) is 15.9. The number of fused-ring (bicyclic) bond motifs is 2. The molecular weight excluding hydrogens is 544 g/mol. The number of anilines is 1. The highest BCUT2D eigenvalue weighted by molar-refractivity contribution is 6.32. The number of hydrogen-bond donors (Lipinski definition) is 3. The summed E-state index contributed by atoms with van der Waals surface area (Å²) < 4.78 is 11.0. The Kier molecular flexibility index (Phi) is 7.59. The average Bonchev–Trinajstić information content (AvgIpc) is 3.52. The van der Waals surface area contributed by atoms with Crippen molar-refractivity contribution in [1.82, 2.24) is 24.8 Å². The average molecular weight is 577 g/mol. The third-order valence-electron chi connectivity index (χ3n) is 7.90. The van der Waals surface area contributed by atoms with Crippen LogP contribution in [0, 0.1) is 0 Å². The van der Waals surface area contributed by atoms with Crippen LogP contribution >= 0.6 is 11.6 Å². The third kappa shape index (κ3) is 5.49. The highest BCUT2D eigenvalue weighted by atomic mass is 35.5. The van der Waals surface area contributed by atoms with Gasteiger partial charge in [-0.3, -0.25) is 9.59 Å². The quantitative estimate of drug-likeness (QED) is 0.251. The highest BCUT2D eigenvalue weighted by Crippen LogP contribution is 2.33. The number of pyridine rings is 1. The molecule has 4 heterocycles. The third-order valence-corrected chi connectivity index (χ3v) is 8.19. The Morgan fingerprint density at radius 3 is 2.76 bits per heavy atom. The summed E-state index contributed by atoms with van der Waals surface area (Å²) >= 11 is 6.25. The van der Waals surface area contributed by atoms with E-state index in [0.29, 0.717) is 70.8 Å². The number of nitrogens with one attached hydrogen (secondary N) is 3. The van der Waals surface area contributed by atoms with E-state index >= 15 is 0 Å². The molecule has 0 bridgehead atoms. The fourth-order valence-electron chi connectivity index (χ4n) is 5.63. The molecule has 11 heteroatoms. The second-order valence-corrected chi connectivity index (χ2v) is 11.0. The number of likely N-dealkylation sites (tertiary alicyclic amines) is 1. The van der Waals surface area contributed by atoms with E-state index in [1.807, 2.05) is 23.1 Å². The van der Waals surface area contributed by atoms with Crippen LogP contribution in [0.25, 0.3) is 22.4 Å². The molecule has 214 valence electrons. The number of carbonyl (C=O) groups is 1. The summed E-state index contributed by atoms with van der Waals surface area (Å²) in [5.41, 5.74) is 3.98. The number of benzene rings is 2. The molecule has 0 atom stereocenters. The monoisotopic (exact) mass is 576 g/mol. The number of H-pyrrole nitrogens is 2. The maximum atomic E-state index is 13.3. The number of piperidine rings is 1. The zero-order valence-electron chi connectivity index (χ0n) is 23.1. The van der Waals surface area contributed by atoms with Gasteiger partial charge < -0.3 is 34.6 Å². The van der Waals surface area contributed by atoms with E-state index in [1.54, 1.807) is 31.5 Å². The minimum absolute atomic E-state index is 0.0686. The Bertz CT molecular complexity index is 1640. The lowest BCUT2D eigenvalue weighted by molar-refractivity contribution is 0.0617. The van der Waals surface area contributed by atoms with Gasteiger partial charge in [-0.2, -0.15) is 0 Å². The largest absolute Gasteiger partial charge is 0.497 e.